The summed E-state index contributed by atoms with van der Waals surface area (Å²) in [5.74, 6) is -0.662. The predicted molar refractivity (Wildman–Crippen MR) is 97.1 cm³/mol. The first-order valence-electron chi connectivity index (χ1n) is 9.33. The zero-order chi connectivity index (χ0) is 19.4. The molecular weight excluding hydrogens is 320 g/mol. The van der Waals surface area contributed by atoms with Gasteiger partial charge in [-0.1, -0.05) is 27.7 Å². The number of rotatable bonds is 8. The molecule has 0 unspecified atom stereocenters. The number of hydrogen-bond acceptors (Lipinski definition) is 5. The highest BCUT2D eigenvalue weighted by atomic mass is 16.6. The van der Waals surface area contributed by atoms with Crippen molar-refractivity contribution in [1.82, 2.24) is 0 Å². The fourth-order valence-electron chi connectivity index (χ4n) is 2.69. The number of carbonyl (C=O) groups excluding carboxylic acids is 2. The Bertz CT molecular complexity index is 454. The van der Waals surface area contributed by atoms with E-state index in [0.717, 1.165) is 6.61 Å². The molecule has 0 radical (unpaired) electrons. The molecule has 25 heavy (non-hydrogen) atoms. The van der Waals surface area contributed by atoms with E-state index in [1.165, 1.54) is 12.8 Å². The standard InChI is InChI=1S/C20H36O5/c1-13(11-16(21)25-20(6,7)8)18(22)24-14(2)17(19(3,4)5)23-12-15-9-10-15/h13-15,17H,9-12H2,1-8H3/t13-,14+,17+/m1/s1. The second-order valence-corrected chi connectivity index (χ2v) is 9.40. The third-order valence-electron chi connectivity index (χ3n) is 4.09. The fraction of sp³-hybridized carbons (Fsp3) is 0.900. The van der Waals surface area contributed by atoms with Gasteiger partial charge in [0, 0.05) is 6.61 Å². The molecule has 1 saturated carbocycles. The minimum Gasteiger partial charge on any atom is -0.460 e. The molecule has 0 bridgehead atoms. The largest absolute Gasteiger partial charge is 0.460 e. The lowest BCUT2D eigenvalue weighted by Crippen LogP contribution is -2.42. The summed E-state index contributed by atoms with van der Waals surface area (Å²) in [4.78, 5) is 24.2. The lowest BCUT2D eigenvalue weighted by molar-refractivity contribution is -0.171. The Balaban J connectivity index is 2.54. The molecular formula is C20H36O5. The molecule has 0 spiro atoms. The van der Waals surface area contributed by atoms with Gasteiger partial charge in [-0.3, -0.25) is 9.59 Å². The van der Waals surface area contributed by atoms with Crippen LogP contribution in [-0.4, -0.2) is 36.4 Å². The molecule has 1 aliphatic carbocycles. The van der Waals surface area contributed by atoms with E-state index in [1.807, 2.05) is 6.92 Å². The summed E-state index contributed by atoms with van der Waals surface area (Å²) >= 11 is 0. The van der Waals surface area contributed by atoms with Crippen LogP contribution in [0.3, 0.4) is 0 Å². The molecule has 0 aromatic rings. The minimum absolute atomic E-state index is 0.0198. The summed E-state index contributed by atoms with van der Waals surface area (Å²) in [7, 11) is 0. The van der Waals surface area contributed by atoms with Gasteiger partial charge in [-0.25, -0.2) is 0 Å². The number of hydrogen-bond donors (Lipinski definition) is 0. The molecule has 5 nitrogen and oxygen atoms in total. The summed E-state index contributed by atoms with van der Waals surface area (Å²) < 4.78 is 16.9. The van der Waals surface area contributed by atoms with Gasteiger partial charge < -0.3 is 14.2 Å². The van der Waals surface area contributed by atoms with Crippen LogP contribution < -0.4 is 0 Å². The molecule has 0 saturated heterocycles. The number of esters is 2. The third-order valence-corrected chi connectivity index (χ3v) is 4.09. The zero-order valence-corrected chi connectivity index (χ0v) is 17.2. The molecule has 1 rings (SSSR count). The van der Waals surface area contributed by atoms with Gasteiger partial charge in [-0.15, -0.1) is 0 Å². The van der Waals surface area contributed by atoms with Crippen LogP contribution in [0.4, 0.5) is 0 Å². The molecule has 0 aromatic carbocycles. The molecule has 0 N–H and O–H groups in total. The topological polar surface area (TPSA) is 61.8 Å². The zero-order valence-electron chi connectivity index (χ0n) is 17.2. The van der Waals surface area contributed by atoms with Crippen molar-refractivity contribution in [3.63, 3.8) is 0 Å². The van der Waals surface area contributed by atoms with Gasteiger partial charge in [0.25, 0.3) is 0 Å². The van der Waals surface area contributed by atoms with E-state index in [4.69, 9.17) is 14.2 Å². The van der Waals surface area contributed by atoms with Gasteiger partial charge in [-0.05, 0) is 51.9 Å². The van der Waals surface area contributed by atoms with Crippen molar-refractivity contribution in [2.75, 3.05) is 6.61 Å². The van der Waals surface area contributed by atoms with E-state index < -0.39 is 11.5 Å². The highest BCUT2D eigenvalue weighted by molar-refractivity contribution is 5.79. The van der Waals surface area contributed by atoms with Crippen molar-refractivity contribution in [3.8, 4) is 0 Å². The van der Waals surface area contributed by atoms with Gasteiger partial charge in [-0.2, -0.15) is 0 Å². The highest BCUT2D eigenvalue weighted by Gasteiger charge is 2.36. The molecule has 0 heterocycles. The molecule has 1 aliphatic rings. The summed E-state index contributed by atoms with van der Waals surface area (Å²) in [5, 5.41) is 0. The average molecular weight is 357 g/mol. The van der Waals surface area contributed by atoms with E-state index in [-0.39, 0.29) is 36.0 Å². The Morgan fingerprint density at radius 2 is 1.60 bits per heavy atom. The van der Waals surface area contributed by atoms with Crippen molar-refractivity contribution in [2.24, 2.45) is 17.3 Å². The molecule has 0 aromatic heterocycles. The van der Waals surface area contributed by atoms with Gasteiger partial charge in [0.15, 0.2) is 0 Å². The Morgan fingerprint density at radius 3 is 2.04 bits per heavy atom. The Morgan fingerprint density at radius 1 is 1.04 bits per heavy atom. The lowest BCUT2D eigenvalue weighted by Gasteiger charge is -2.35. The monoisotopic (exact) mass is 356 g/mol. The van der Waals surface area contributed by atoms with E-state index in [0.29, 0.717) is 5.92 Å². The first kappa shape index (κ1) is 21.9. The maximum atomic E-state index is 12.4. The normalized spacial score (nSPS) is 19.0. The lowest BCUT2D eigenvalue weighted by atomic mass is 9.86. The predicted octanol–water partition coefficient (Wildman–Crippen LogP) is 4.13. The van der Waals surface area contributed by atoms with Gasteiger partial charge in [0.05, 0.1) is 18.4 Å². The summed E-state index contributed by atoms with van der Waals surface area (Å²) in [6, 6.07) is 0. The van der Waals surface area contributed by atoms with Gasteiger partial charge in [0.1, 0.15) is 11.7 Å². The van der Waals surface area contributed by atoms with E-state index in [1.54, 1.807) is 27.7 Å². The van der Waals surface area contributed by atoms with E-state index in [9.17, 15) is 9.59 Å². The van der Waals surface area contributed by atoms with Crippen molar-refractivity contribution in [1.29, 1.82) is 0 Å². The van der Waals surface area contributed by atoms with Crippen LogP contribution in [0.2, 0.25) is 0 Å². The molecule has 5 heteroatoms. The Labute approximate surface area is 152 Å². The van der Waals surface area contributed by atoms with E-state index in [2.05, 4.69) is 20.8 Å². The molecule has 3 atom stereocenters. The quantitative estimate of drug-likeness (QED) is 0.612. The van der Waals surface area contributed by atoms with Crippen molar-refractivity contribution < 1.29 is 23.8 Å². The second kappa shape index (κ2) is 8.52. The fourth-order valence-corrected chi connectivity index (χ4v) is 2.69. The smallest absolute Gasteiger partial charge is 0.309 e. The average Bonchev–Trinajstić information content (AvgIpc) is 3.18. The van der Waals surface area contributed by atoms with Crippen LogP contribution in [0.5, 0.6) is 0 Å². The third kappa shape index (κ3) is 8.70. The SMILES string of the molecule is C[C@H](CC(=O)OC(C)(C)C)C(=O)O[C@@H](C)[C@H](OCC1CC1)C(C)(C)C. The summed E-state index contributed by atoms with van der Waals surface area (Å²) in [5.41, 5.74) is -0.690. The van der Waals surface area contributed by atoms with Crippen LogP contribution >= 0.6 is 0 Å². The molecule has 1 fully saturated rings. The maximum absolute atomic E-state index is 12.4. The molecule has 146 valence electrons. The van der Waals surface area contributed by atoms with Crippen LogP contribution in [-0.2, 0) is 23.8 Å². The van der Waals surface area contributed by atoms with Crippen molar-refractivity contribution in [2.45, 2.75) is 92.5 Å². The van der Waals surface area contributed by atoms with Gasteiger partial charge >= 0.3 is 11.9 Å². The molecule has 0 aliphatic heterocycles. The van der Waals surface area contributed by atoms with Crippen molar-refractivity contribution >= 4 is 11.9 Å². The van der Waals surface area contributed by atoms with Gasteiger partial charge in [0.2, 0.25) is 0 Å². The van der Waals surface area contributed by atoms with Crippen LogP contribution in [0.25, 0.3) is 0 Å². The Kier molecular flexibility index (Phi) is 7.48. The number of ether oxygens (including phenoxy) is 3. The number of carbonyl (C=O) groups is 2. The van der Waals surface area contributed by atoms with Crippen LogP contribution in [0.15, 0.2) is 0 Å². The van der Waals surface area contributed by atoms with Crippen molar-refractivity contribution in [3.05, 3.63) is 0 Å². The summed E-state index contributed by atoms with van der Waals surface area (Å²) in [6.45, 7) is 15.9. The first-order chi connectivity index (χ1) is 11.3. The van der Waals surface area contributed by atoms with Crippen LogP contribution in [0.1, 0.15) is 74.7 Å². The van der Waals surface area contributed by atoms with Crippen LogP contribution in [0, 0.1) is 17.3 Å². The second-order valence-electron chi connectivity index (χ2n) is 9.40. The Hall–Kier alpha value is -1.10. The van der Waals surface area contributed by atoms with E-state index >= 15 is 0 Å². The maximum Gasteiger partial charge on any atom is 0.309 e. The summed E-state index contributed by atoms with van der Waals surface area (Å²) in [6.07, 6.45) is 1.92. The first-order valence-corrected chi connectivity index (χ1v) is 9.33. The minimum atomic E-state index is -0.554. The highest BCUT2D eigenvalue weighted by Crippen LogP contribution is 2.33. The molecule has 0 amide bonds.